The maximum Gasteiger partial charge on any atom is 0.317 e. The van der Waals surface area contributed by atoms with E-state index >= 15 is 0 Å². The molecule has 0 unspecified atom stereocenters. The van der Waals surface area contributed by atoms with Crippen LogP contribution in [0.1, 0.15) is 32.3 Å². The fourth-order valence-corrected chi connectivity index (χ4v) is 7.04. The Morgan fingerprint density at radius 3 is 2.45 bits per heavy atom. The Morgan fingerprint density at radius 2 is 1.77 bits per heavy atom. The van der Waals surface area contributed by atoms with E-state index < -0.39 is 52.4 Å². The highest BCUT2D eigenvalue weighted by Crippen LogP contribution is 2.28. The van der Waals surface area contributed by atoms with E-state index in [1.54, 1.807) is 29.2 Å². The molecular weight excluding hydrogens is 594 g/mol. The predicted molar refractivity (Wildman–Crippen MR) is 157 cm³/mol. The second-order valence-electron chi connectivity index (χ2n) is 12.5. The number of urea groups is 1. The van der Waals surface area contributed by atoms with Crippen molar-refractivity contribution in [1.29, 1.82) is 0 Å². The van der Waals surface area contributed by atoms with Gasteiger partial charge in [-0.3, -0.25) is 14.5 Å². The molecule has 4 saturated heterocycles. The predicted octanol–water partition coefficient (Wildman–Crippen LogP) is -1.31. The second-order valence-corrected chi connectivity index (χ2v) is 14.6. The van der Waals surface area contributed by atoms with Crippen molar-refractivity contribution in [2.45, 2.75) is 86.8 Å². The number of fused-ring (bicyclic) bond motifs is 6. The molecule has 0 radical (unpaired) electrons. The van der Waals surface area contributed by atoms with Crippen molar-refractivity contribution < 1.29 is 42.5 Å². The van der Waals surface area contributed by atoms with Crippen LogP contribution in [0.4, 0.5) is 4.79 Å². The molecule has 4 amide bonds. The van der Waals surface area contributed by atoms with Gasteiger partial charge in [0.15, 0.2) is 9.84 Å². The van der Waals surface area contributed by atoms with Crippen molar-refractivity contribution in [2.24, 2.45) is 0 Å². The maximum atomic E-state index is 14.0. The molecule has 5 rings (SSSR count). The molecule has 15 heteroatoms. The van der Waals surface area contributed by atoms with E-state index in [1.807, 2.05) is 18.7 Å². The third-order valence-electron chi connectivity index (χ3n) is 8.61. The number of hydrogen-bond donors (Lipinski definition) is 4. The molecule has 7 atom stereocenters. The molecule has 0 aliphatic carbocycles. The largest absolute Gasteiger partial charge is 0.388 e. The average molecular weight is 638 g/mol. The topological polar surface area (TPSA) is 178 Å². The van der Waals surface area contributed by atoms with Gasteiger partial charge in [0, 0.05) is 44.5 Å². The third kappa shape index (κ3) is 7.51. The Labute approximate surface area is 257 Å². The highest BCUT2D eigenvalue weighted by atomic mass is 32.2. The van der Waals surface area contributed by atoms with Crippen LogP contribution in [0.25, 0.3) is 0 Å². The number of carbonyl (C=O) groups is 3. The van der Waals surface area contributed by atoms with E-state index in [1.165, 1.54) is 4.90 Å². The number of nitrogens with one attached hydrogen (secondary N) is 2. The van der Waals surface area contributed by atoms with Crippen LogP contribution in [0.2, 0.25) is 0 Å². The van der Waals surface area contributed by atoms with Gasteiger partial charge in [-0.1, -0.05) is 12.1 Å². The van der Waals surface area contributed by atoms with E-state index in [0.717, 1.165) is 11.8 Å². The van der Waals surface area contributed by atoms with Gasteiger partial charge in [0.05, 0.1) is 49.3 Å². The van der Waals surface area contributed by atoms with Gasteiger partial charge >= 0.3 is 6.03 Å². The van der Waals surface area contributed by atoms with Gasteiger partial charge in [0.25, 0.3) is 0 Å². The molecule has 4 N–H and O–H groups in total. The van der Waals surface area contributed by atoms with Crippen LogP contribution in [0, 0.1) is 0 Å². The van der Waals surface area contributed by atoms with Crippen LogP contribution < -0.4 is 10.6 Å². The number of likely N-dealkylation sites (tertiary alicyclic amines) is 1. The summed E-state index contributed by atoms with van der Waals surface area (Å²) in [5.41, 5.74) is 0.822. The lowest BCUT2D eigenvalue weighted by Gasteiger charge is -2.38. The summed E-state index contributed by atoms with van der Waals surface area (Å²) >= 11 is 0. The number of amides is 4. The lowest BCUT2D eigenvalue weighted by Crippen LogP contribution is -2.56. The van der Waals surface area contributed by atoms with Gasteiger partial charge in [-0.2, -0.15) is 0 Å². The van der Waals surface area contributed by atoms with Crippen molar-refractivity contribution in [2.75, 3.05) is 45.6 Å². The van der Waals surface area contributed by atoms with Crippen molar-refractivity contribution >= 4 is 27.7 Å². The molecule has 0 aromatic heterocycles. The minimum atomic E-state index is -3.35. The third-order valence-corrected chi connectivity index (χ3v) is 9.74. The summed E-state index contributed by atoms with van der Waals surface area (Å²) in [6.45, 7) is 5.37. The Morgan fingerprint density at radius 1 is 1.07 bits per heavy atom. The maximum absolute atomic E-state index is 14.0. The molecule has 6 bridgehead atoms. The van der Waals surface area contributed by atoms with Crippen LogP contribution >= 0.6 is 0 Å². The number of benzene rings is 1. The molecule has 4 aliphatic rings. The SMILES string of the molecule is CC(C)NC(=O)N1C[C@@H]2CN(CCO2)C(=O)[C@@H]2C[C@@H](CN2Cc2ccc(S(C)(=O)=O)cc2)NC(=O)C[C@@H]2O[C@H](C1)[C@@H](O)[C@H]2O. The minimum absolute atomic E-state index is 0.0418. The smallest absolute Gasteiger partial charge is 0.317 e. The molecule has 0 spiro atoms. The molecular formula is C29H43N5O9S. The molecule has 0 saturated carbocycles. The second kappa shape index (κ2) is 13.3. The van der Waals surface area contributed by atoms with Gasteiger partial charge < -0.3 is 40.1 Å². The van der Waals surface area contributed by atoms with E-state index in [-0.39, 0.29) is 61.5 Å². The Hall–Kier alpha value is -2.82. The molecule has 4 aliphatic heterocycles. The standard InChI is InChI=1S/C29H43N5O9S/c1-17(2)30-29(39)34-15-20-14-32(8-9-42-20)28(38)22-10-19(31-25(35)11-23-26(36)27(37)24(16-34)43-23)13-33(22)12-18-4-6-21(7-5-18)44(3,40)41/h4-7,17,19-20,22-24,26-27,36-37H,8-16H2,1-3H3,(H,30,39)(H,31,35)/t19-,20-,22-,23-,24+,26-,27+/m0/s1. The number of carbonyl (C=O) groups excluding carboxylic acids is 3. The van der Waals surface area contributed by atoms with Crippen LogP contribution in [0.5, 0.6) is 0 Å². The molecule has 1 aromatic rings. The number of aliphatic hydroxyl groups excluding tert-OH is 2. The van der Waals surface area contributed by atoms with Crippen LogP contribution in [0.15, 0.2) is 29.2 Å². The summed E-state index contributed by atoms with van der Waals surface area (Å²) in [4.78, 5) is 45.6. The lowest BCUT2D eigenvalue weighted by molar-refractivity contribution is -0.144. The fourth-order valence-electron chi connectivity index (χ4n) is 6.41. The van der Waals surface area contributed by atoms with Crippen molar-refractivity contribution in [3.05, 3.63) is 29.8 Å². The number of aliphatic hydroxyl groups is 2. The van der Waals surface area contributed by atoms with Gasteiger partial charge in [-0.15, -0.1) is 0 Å². The summed E-state index contributed by atoms with van der Waals surface area (Å²) < 4.78 is 35.8. The number of nitrogens with zero attached hydrogens (tertiary/aromatic N) is 3. The van der Waals surface area contributed by atoms with Crippen LogP contribution in [-0.2, 0) is 35.4 Å². The number of ether oxygens (including phenoxy) is 2. The first-order chi connectivity index (χ1) is 20.8. The molecule has 44 heavy (non-hydrogen) atoms. The lowest BCUT2D eigenvalue weighted by atomic mass is 10.0. The normalized spacial score (nSPS) is 32.2. The average Bonchev–Trinajstić information content (AvgIpc) is 3.46. The van der Waals surface area contributed by atoms with Crippen LogP contribution in [0.3, 0.4) is 0 Å². The van der Waals surface area contributed by atoms with Crippen LogP contribution in [-0.4, -0.2) is 145 Å². The van der Waals surface area contributed by atoms with E-state index in [4.69, 9.17) is 9.47 Å². The van der Waals surface area contributed by atoms with Gasteiger partial charge in [-0.05, 0) is 38.0 Å². The zero-order chi connectivity index (χ0) is 31.8. The highest BCUT2D eigenvalue weighted by Gasteiger charge is 2.46. The van der Waals surface area contributed by atoms with E-state index in [0.29, 0.717) is 26.1 Å². The zero-order valence-electron chi connectivity index (χ0n) is 25.3. The van der Waals surface area contributed by atoms with Crippen molar-refractivity contribution in [3.63, 3.8) is 0 Å². The number of hydrogen-bond acceptors (Lipinski definition) is 10. The Bertz CT molecular complexity index is 1330. The quantitative estimate of drug-likeness (QED) is 0.310. The number of rotatable bonds is 4. The molecule has 1 aromatic carbocycles. The summed E-state index contributed by atoms with van der Waals surface area (Å²) in [7, 11) is -3.35. The summed E-state index contributed by atoms with van der Waals surface area (Å²) in [6.07, 6.45) is -3.70. The Kier molecular flexibility index (Phi) is 9.82. The van der Waals surface area contributed by atoms with Gasteiger partial charge in [0.2, 0.25) is 11.8 Å². The van der Waals surface area contributed by atoms with Gasteiger partial charge in [-0.25, -0.2) is 13.2 Å². The zero-order valence-corrected chi connectivity index (χ0v) is 26.1. The van der Waals surface area contributed by atoms with Crippen molar-refractivity contribution in [3.8, 4) is 0 Å². The summed E-state index contributed by atoms with van der Waals surface area (Å²) in [6, 6.07) is 5.07. The number of sulfone groups is 1. The molecule has 4 heterocycles. The van der Waals surface area contributed by atoms with Crippen molar-refractivity contribution in [1.82, 2.24) is 25.3 Å². The minimum Gasteiger partial charge on any atom is -0.388 e. The van der Waals surface area contributed by atoms with E-state index in [2.05, 4.69) is 10.6 Å². The first kappa shape index (κ1) is 32.6. The van der Waals surface area contributed by atoms with E-state index in [9.17, 15) is 33.0 Å². The number of morpholine rings is 1. The summed E-state index contributed by atoms with van der Waals surface area (Å²) in [5, 5.41) is 27.3. The first-order valence-corrected chi connectivity index (χ1v) is 17.0. The van der Waals surface area contributed by atoms with Gasteiger partial charge in [0.1, 0.15) is 18.3 Å². The molecule has 244 valence electrons. The molecule has 14 nitrogen and oxygen atoms in total. The first-order valence-electron chi connectivity index (χ1n) is 15.1. The molecule has 4 fully saturated rings. The highest BCUT2D eigenvalue weighted by molar-refractivity contribution is 7.90. The Balaban J connectivity index is 1.40. The monoisotopic (exact) mass is 637 g/mol. The summed E-state index contributed by atoms with van der Waals surface area (Å²) in [5.74, 6) is -0.493. The fraction of sp³-hybridized carbons (Fsp3) is 0.690.